The van der Waals surface area contributed by atoms with E-state index in [1.807, 2.05) is 42.2 Å². The van der Waals surface area contributed by atoms with Crippen molar-refractivity contribution < 1.29 is 9.53 Å². The topological polar surface area (TPSA) is 95.0 Å². The number of anilines is 1. The van der Waals surface area contributed by atoms with Gasteiger partial charge in [0.2, 0.25) is 11.9 Å². The normalized spacial score (nSPS) is 13.8. The highest BCUT2D eigenvalue weighted by atomic mass is 127. The van der Waals surface area contributed by atoms with Gasteiger partial charge in [0.05, 0.1) is 6.61 Å². The molecule has 1 fully saturated rings. The van der Waals surface area contributed by atoms with E-state index in [0.717, 1.165) is 43.7 Å². The number of piperazine rings is 1. The smallest absolute Gasteiger partial charge is 0.225 e. The molecule has 1 aliphatic rings. The number of benzene rings is 1. The van der Waals surface area contributed by atoms with Crippen LogP contribution in [0.2, 0.25) is 0 Å². The lowest BCUT2D eigenvalue weighted by molar-refractivity contribution is -0.131. The molecule has 1 aliphatic heterocycles. The third kappa shape index (κ3) is 9.40. The van der Waals surface area contributed by atoms with E-state index in [1.165, 1.54) is 0 Å². The van der Waals surface area contributed by atoms with Crippen LogP contribution in [0.1, 0.15) is 19.8 Å². The number of carbonyl (C=O) groups excluding carboxylic acids is 1. The second-order valence-electron chi connectivity index (χ2n) is 7.37. The van der Waals surface area contributed by atoms with Gasteiger partial charge in [-0.05, 0) is 25.1 Å². The van der Waals surface area contributed by atoms with Crippen LogP contribution in [0.3, 0.4) is 0 Å². The molecule has 0 aliphatic carbocycles. The Morgan fingerprint density at radius 1 is 1.06 bits per heavy atom. The van der Waals surface area contributed by atoms with E-state index >= 15 is 0 Å². The van der Waals surface area contributed by atoms with E-state index in [1.54, 1.807) is 18.5 Å². The van der Waals surface area contributed by atoms with Crippen LogP contribution >= 0.6 is 24.0 Å². The first kappa shape index (κ1) is 26.6. The maximum atomic E-state index is 12.6. The summed E-state index contributed by atoms with van der Waals surface area (Å²) in [5, 5.41) is 6.48. The SMILES string of the molecule is CCNC(=NCCCOc1ccccc1)NCCC(=O)N1CCN(c2ncccn2)CC1.I. The molecular weight excluding hydrogens is 533 g/mol. The van der Waals surface area contributed by atoms with Crippen molar-refractivity contribution in [2.24, 2.45) is 4.99 Å². The molecule has 0 saturated carbocycles. The van der Waals surface area contributed by atoms with Crippen molar-refractivity contribution in [3.63, 3.8) is 0 Å². The van der Waals surface area contributed by atoms with Crippen molar-refractivity contribution in [2.75, 3.05) is 57.3 Å². The van der Waals surface area contributed by atoms with E-state index in [0.29, 0.717) is 39.2 Å². The first-order valence-electron chi connectivity index (χ1n) is 11.3. The number of hydrogen-bond donors (Lipinski definition) is 2. The Kier molecular flexibility index (Phi) is 12.3. The van der Waals surface area contributed by atoms with E-state index in [4.69, 9.17) is 4.74 Å². The predicted molar refractivity (Wildman–Crippen MR) is 141 cm³/mol. The number of guanidine groups is 1. The van der Waals surface area contributed by atoms with Crippen LogP contribution in [0.5, 0.6) is 5.75 Å². The highest BCUT2D eigenvalue weighted by Crippen LogP contribution is 2.10. The average molecular weight is 567 g/mol. The van der Waals surface area contributed by atoms with Crippen LogP contribution in [0.4, 0.5) is 5.95 Å². The summed E-state index contributed by atoms with van der Waals surface area (Å²) in [6.45, 7) is 7.48. The van der Waals surface area contributed by atoms with E-state index in [9.17, 15) is 4.79 Å². The lowest BCUT2D eigenvalue weighted by Crippen LogP contribution is -2.50. The highest BCUT2D eigenvalue weighted by molar-refractivity contribution is 14.0. The minimum absolute atomic E-state index is 0. The fraction of sp³-hybridized carbons (Fsp3) is 0.478. The molecule has 2 N–H and O–H groups in total. The third-order valence-corrected chi connectivity index (χ3v) is 5.03. The first-order valence-corrected chi connectivity index (χ1v) is 11.3. The van der Waals surface area contributed by atoms with Crippen molar-refractivity contribution in [2.45, 2.75) is 19.8 Å². The second-order valence-corrected chi connectivity index (χ2v) is 7.37. The zero-order valence-corrected chi connectivity index (χ0v) is 21.5. The molecule has 2 heterocycles. The van der Waals surface area contributed by atoms with Crippen LogP contribution in [0, 0.1) is 0 Å². The molecule has 1 aromatic carbocycles. The molecule has 1 saturated heterocycles. The molecule has 1 amide bonds. The molecule has 2 aromatic rings. The fourth-order valence-electron chi connectivity index (χ4n) is 3.36. The van der Waals surface area contributed by atoms with Gasteiger partial charge in [0.15, 0.2) is 5.96 Å². The number of ether oxygens (including phenoxy) is 1. The Balaban J connectivity index is 0.00000385. The molecule has 3 rings (SSSR count). The number of para-hydroxylation sites is 1. The summed E-state index contributed by atoms with van der Waals surface area (Å²) in [4.78, 5) is 29.7. The predicted octanol–water partition coefficient (Wildman–Crippen LogP) is 2.16. The summed E-state index contributed by atoms with van der Waals surface area (Å²) in [7, 11) is 0. The molecule has 33 heavy (non-hydrogen) atoms. The number of nitrogens with one attached hydrogen (secondary N) is 2. The maximum absolute atomic E-state index is 12.6. The van der Waals surface area contributed by atoms with E-state index in [2.05, 4.69) is 30.5 Å². The average Bonchev–Trinajstić information content (AvgIpc) is 2.85. The third-order valence-electron chi connectivity index (χ3n) is 5.03. The summed E-state index contributed by atoms with van der Waals surface area (Å²) in [5.41, 5.74) is 0. The molecular formula is C23H34IN7O2. The molecule has 9 nitrogen and oxygen atoms in total. The van der Waals surface area contributed by atoms with Gasteiger partial charge in [0, 0.05) is 71.0 Å². The summed E-state index contributed by atoms with van der Waals surface area (Å²) in [5.74, 6) is 2.48. The van der Waals surface area contributed by atoms with Crippen LogP contribution in [0.25, 0.3) is 0 Å². The molecule has 1 aromatic heterocycles. The van der Waals surface area contributed by atoms with Crippen molar-refractivity contribution in [3.05, 3.63) is 48.8 Å². The number of rotatable bonds is 10. The minimum Gasteiger partial charge on any atom is -0.494 e. The van der Waals surface area contributed by atoms with E-state index < -0.39 is 0 Å². The molecule has 0 radical (unpaired) electrons. The lowest BCUT2D eigenvalue weighted by atomic mass is 10.3. The standard InChI is InChI=1S/C23H33N7O2.HI/c1-2-24-22(25-13-7-19-32-20-8-4-3-5-9-20)26-14-10-21(31)29-15-17-30(18-16-29)23-27-11-6-12-28-23;/h3-6,8-9,11-12H,2,7,10,13-19H2,1H3,(H2,24,25,26);1H. The minimum atomic E-state index is 0. The lowest BCUT2D eigenvalue weighted by Gasteiger charge is -2.34. The van der Waals surface area contributed by atoms with E-state index in [-0.39, 0.29) is 29.9 Å². The zero-order valence-electron chi connectivity index (χ0n) is 19.2. The van der Waals surface area contributed by atoms with Crippen molar-refractivity contribution in [3.8, 4) is 5.75 Å². The van der Waals surface area contributed by atoms with Gasteiger partial charge in [-0.2, -0.15) is 0 Å². The number of hydrogen-bond acceptors (Lipinski definition) is 6. The number of aromatic nitrogens is 2. The highest BCUT2D eigenvalue weighted by Gasteiger charge is 2.22. The van der Waals surface area contributed by atoms with Gasteiger partial charge in [-0.3, -0.25) is 9.79 Å². The fourth-order valence-corrected chi connectivity index (χ4v) is 3.36. The number of aliphatic imine (C=N–C) groups is 1. The Morgan fingerprint density at radius 2 is 1.79 bits per heavy atom. The number of halogens is 1. The second kappa shape index (κ2) is 15.3. The zero-order chi connectivity index (χ0) is 22.4. The van der Waals surface area contributed by atoms with Gasteiger partial charge in [-0.25, -0.2) is 9.97 Å². The Bertz CT molecular complexity index is 831. The van der Waals surface area contributed by atoms with Crippen molar-refractivity contribution in [1.29, 1.82) is 0 Å². The Morgan fingerprint density at radius 3 is 2.48 bits per heavy atom. The number of carbonyl (C=O) groups is 1. The molecule has 180 valence electrons. The van der Waals surface area contributed by atoms with Gasteiger partial charge in [0.25, 0.3) is 0 Å². The van der Waals surface area contributed by atoms with Crippen molar-refractivity contribution >= 4 is 41.8 Å². The summed E-state index contributed by atoms with van der Waals surface area (Å²) < 4.78 is 5.69. The summed E-state index contributed by atoms with van der Waals surface area (Å²) in [6.07, 6.45) is 4.74. The van der Waals surface area contributed by atoms with Crippen LogP contribution in [0.15, 0.2) is 53.8 Å². The Labute approximate surface area is 213 Å². The maximum Gasteiger partial charge on any atom is 0.225 e. The molecule has 0 atom stereocenters. The van der Waals surface area contributed by atoms with Gasteiger partial charge in [0.1, 0.15) is 5.75 Å². The summed E-state index contributed by atoms with van der Waals surface area (Å²) in [6, 6.07) is 11.6. The van der Waals surface area contributed by atoms with Crippen LogP contribution < -0.4 is 20.3 Å². The number of nitrogens with zero attached hydrogens (tertiary/aromatic N) is 5. The van der Waals surface area contributed by atoms with Gasteiger partial charge < -0.3 is 25.2 Å². The van der Waals surface area contributed by atoms with Crippen LogP contribution in [-0.2, 0) is 4.79 Å². The number of amides is 1. The summed E-state index contributed by atoms with van der Waals surface area (Å²) >= 11 is 0. The monoisotopic (exact) mass is 567 g/mol. The first-order chi connectivity index (χ1) is 15.8. The Hall–Kier alpha value is -2.63. The molecule has 0 spiro atoms. The molecule has 0 bridgehead atoms. The van der Waals surface area contributed by atoms with Gasteiger partial charge in [-0.15, -0.1) is 24.0 Å². The molecule has 0 unspecified atom stereocenters. The quantitative estimate of drug-likeness (QED) is 0.197. The van der Waals surface area contributed by atoms with Gasteiger partial charge in [-0.1, -0.05) is 18.2 Å². The van der Waals surface area contributed by atoms with Crippen molar-refractivity contribution in [1.82, 2.24) is 25.5 Å². The van der Waals surface area contributed by atoms with Crippen LogP contribution in [-0.4, -0.2) is 79.2 Å². The largest absolute Gasteiger partial charge is 0.494 e. The molecule has 10 heteroatoms. The van der Waals surface area contributed by atoms with Gasteiger partial charge >= 0.3 is 0 Å².